The van der Waals surface area contributed by atoms with Gasteiger partial charge in [0.25, 0.3) is 0 Å². The molecule has 116 valence electrons. The molecule has 3 nitrogen and oxygen atoms in total. The van der Waals surface area contributed by atoms with E-state index >= 15 is 0 Å². The number of rotatable bonds is 8. The van der Waals surface area contributed by atoms with Gasteiger partial charge in [-0.05, 0) is 49.3 Å². The molecular weight excluding hydrogens is 269 g/mol. The predicted octanol–water partition coefficient (Wildman–Crippen LogP) is 2.77. The molecule has 0 aromatic heterocycles. The van der Waals surface area contributed by atoms with Crippen molar-refractivity contribution in [3.05, 3.63) is 35.6 Å². The van der Waals surface area contributed by atoms with Crippen molar-refractivity contribution >= 4 is 5.91 Å². The van der Waals surface area contributed by atoms with Gasteiger partial charge in [-0.15, -0.1) is 0 Å². The van der Waals surface area contributed by atoms with Crippen molar-refractivity contribution < 1.29 is 14.3 Å². The van der Waals surface area contributed by atoms with E-state index in [1.54, 1.807) is 12.1 Å². The zero-order valence-electron chi connectivity index (χ0n) is 12.6. The lowest BCUT2D eigenvalue weighted by Gasteiger charge is -2.20. The van der Waals surface area contributed by atoms with Crippen LogP contribution in [0.4, 0.5) is 4.39 Å². The Morgan fingerprint density at radius 3 is 2.52 bits per heavy atom. The van der Waals surface area contributed by atoms with Crippen LogP contribution in [-0.4, -0.2) is 24.2 Å². The first-order valence-electron chi connectivity index (χ1n) is 7.77. The summed E-state index contributed by atoms with van der Waals surface area (Å²) in [5, 5.41) is 12.1. The van der Waals surface area contributed by atoms with E-state index < -0.39 is 5.41 Å². The molecule has 1 aromatic carbocycles. The second-order valence-corrected chi connectivity index (χ2v) is 5.97. The molecule has 1 aromatic rings. The Bertz CT molecular complexity index is 462. The predicted molar refractivity (Wildman–Crippen MR) is 80.4 cm³/mol. The number of hydrogen-bond acceptors (Lipinski definition) is 2. The van der Waals surface area contributed by atoms with Crippen LogP contribution in [0.3, 0.4) is 0 Å². The molecule has 0 bridgehead atoms. The summed E-state index contributed by atoms with van der Waals surface area (Å²) >= 11 is 0. The highest BCUT2D eigenvalue weighted by Gasteiger charge is 2.51. The summed E-state index contributed by atoms with van der Waals surface area (Å²) in [5.41, 5.74) is 0.444. The van der Waals surface area contributed by atoms with E-state index in [0.29, 0.717) is 12.5 Å². The normalized spacial score (nSPS) is 17.3. The minimum Gasteiger partial charge on any atom is -0.396 e. The van der Waals surface area contributed by atoms with E-state index in [0.717, 1.165) is 37.7 Å². The summed E-state index contributed by atoms with van der Waals surface area (Å²) in [7, 11) is 0. The zero-order valence-corrected chi connectivity index (χ0v) is 12.6. The van der Waals surface area contributed by atoms with Crippen LogP contribution in [0.2, 0.25) is 0 Å². The monoisotopic (exact) mass is 293 g/mol. The zero-order chi connectivity index (χ0) is 15.3. The van der Waals surface area contributed by atoms with Crippen LogP contribution in [0, 0.1) is 11.7 Å². The lowest BCUT2D eigenvalue weighted by atomic mass is 9.94. The Morgan fingerprint density at radius 1 is 1.33 bits per heavy atom. The highest BCUT2D eigenvalue weighted by Crippen LogP contribution is 2.48. The number of benzene rings is 1. The molecule has 1 saturated carbocycles. The molecule has 0 radical (unpaired) electrons. The van der Waals surface area contributed by atoms with Crippen molar-refractivity contribution in [1.82, 2.24) is 5.32 Å². The third-order valence-corrected chi connectivity index (χ3v) is 4.37. The molecule has 21 heavy (non-hydrogen) atoms. The summed E-state index contributed by atoms with van der Waals surface area (Å²) in [6.07, 6.45) is 4.41. The molecule has 1 unspecified atom stereocenters. The van der Waals surface area contributed by atoms with Gasteiger partial charge in [0.1, 0.15) is 5.82 Å². The molecule has 2 rings (SSSR count). The van der Waals surface area contributed by atoms with Gasteiger partial charge in [-0.2, -0.15) is 0 Å². The molecule has 1 aliphatic carbocycles. The van der Waals surface area contributed by atoms with Crippen LogP contribution in [0.25, 0.3) is 0 Å². The van der Waals surface area contributed by atoms with Crippen LogP contribution < -0.4 is 5.32 Å². The quantitative estimate of drug-likeness (QED) is 0.774. The Hall–Kier alpha value is -1.42. The van der Waals surface area contributed by atoms with Crippen molar-refractivity contribution in [1.29, 1.82) is 0 Å². The molecule has 2 N–H and O–H groups in total. The fourth-order valence-corrected chi connectivity index (χ4v) is 2.89. The molecule has 0 spiro atoms. The summed E-state index contributed by atoms with van der Waals surface area (Å²) < 4.78 is 13.0. The van der Waals surface area contributed by atoms with Crippen LogP contribution >= 0.6 is 0 Å². The standard InChI is InChI=1S/C17H24FNO2/c1-2-3-13(8-11-20)12-19-16(21)17(9-10-17)14-4-6-15(18)7-5-14/h4-7,13,20H,2-3,8-12H2,1H3,(H,19,21). The highest BCUT2D eigenvalue weighted by molar-refractivity contribution is 5.91. The number of aliphatic hydroxyl groups is 1. The summed E-state index contributed by atoms with van der Waals surface area (Å²) in [5.74, 6) is 0.0852. The summed E-state index contributed by atoms with van der Waals surface area (Å²) in [4.78, 5) is 12.5. The second-order valence-electron chi connectivity index (χ2n) is 5.97. The van der Waals surface area contributed by atoms with E-state index in [1.807, 2.05) is 0 Å². The third-order valence-electron chi connectivity index (χ3n) is 4.37. The van der Waals surface area contributed by atoms with Gasteiger partial charge in [-0.25, -0.2) is 4.39 Å². The van der Waals surface area contributed by atoms with Gasteiger partial charge >= 0.3 is 0 Å². The van der Waals surface area contributed by atoms with E-state index in [1.165, 1.54) is 12.1 Å². The van der Waals surface area contributed by atoms with Crippen molar-refractivity contribution in [3.63, 3.8) is 0 Å². The fraction of sp³-hybridized carbons (Fsp3) is 0.588. The van der Waals surface area contributed by atoms with Gasteiger partial charge in [0.2, 0.25) is 5.91 Å². The van der Waals surface area contributed by atoms with Gasteiger partial charge in [0.15, 0.2) is 0 Å². The minimum atomic E-state index is -0.455. The molecule has 1 atom stereocenters. The van der Waals surface area contributed by atoms with Crippen molar-refractivity contribution in [2.75, 3.05) is 13.2 Å². The first-order chi connectivity index (χ1) is 10.1. The molecular formula is C17H24FNO2. The second kappa shape index (κ2) is 7.03. The lowest BCUT2D eigenvalue weighted by molar-refractivity contribution is -0.123. The number of carbonyl (C=O) groups is 1. The third kappa shape index (κ3) is 3.82. The van der Waals surface area contributed by atoms with E-state index in [-0.39, 0.29) is 18.3 Å². The number of nitrogens with one attached hydrogen (secondary N) is 1. The number of carbonyl (C=O) groups excluding carboxylic acids is 1. The summed E-state index contributed by atoms with van der Waals surface area (Å²) in [6, 6.07) is 6.24. The Morgan fingerprint density at radius 2 is 2.00 bits per heavy atom. The Kier molecular flexibility index (Phi) is 5.34. The fourth-order valence-electron chi connectivity index (χ4n) is 2.89. The topological polar surface area (TPSA) is 49.3 Å². The number of hydrogen-bond donors (Lipinski definition) is 2. The molecule has 1 fully saturated rings. The largest absolute Gasteiger partial charge is 0.396 e. The molecule has 0 aliphatic heterocycles. The smallest absolute Gasteiger partial charge is 0.230 e. The van der Waals surface area contributed by atoms with Crippen LogP contribution in [0.15, 0.2) is 24.3 Å². The summed E-state index contributed by atoms with van der Waals surface area (Å²) in [6.45, 7) is 2.87. The molecule has 4 heteroatoms. The Balaban J connectivity index is 1.94. The minimum absolute atomic E-state index is 0.0353. The first-order valence-corrected chi connectivity index (χ1v) is 7.77. The van der Waals surface area contributed by atoms with E-state index in [4.69, 9.17) is 5.11 Å². The van der Waals surface area contributed by atoms with Crippen molar-refractivity contribution in [3.8, 4) is 0 Å². The van der Waals surface area contributed by atoms with Crippen molar-refractivity contribution in [2.45, 2.75) is 44.4 Å². The maximum atomic E-state index is 13.0. The lowest BCUT2D eigenvalue weighted by Crippen LogP contribution is -2.37. The van der Waals surface area contributed by atoms with Gasteiger partial charge < -0.3 is 10.4 Å². The average Bonchev–Trinajstić information content (AvgIpc) is 3.27. The Labute approximate surface area is 125 Å². The average molecular weight is 293 g/mol. The van der Waals surface area contributed by atoms with E-state index in [2.05, 4.69) is 12.2 Å². The first kappa shape index (κ1) is 16.0. The molecule has 1 amide bonds. The molecule has 1 aliphatic rings. The SMILES string of the molecule is CCCC(CCO)CNC(=O)C1(c2ccc(F)cc2)CC1. The maximum absolute atomic E-state index is 13.0. The van der Waals surface area contributed by atoms with Crippen LogP contribution in [-0.2, 0) is 10.2 Å². The van der Waals surface area contributed by atoms with Crippen molar-refractivity contribution in [2.24, 2.45) is 5.92 Å². The van der Waals surface area contributed by atoms with Gasteiger partial charge in [0, 0.05) is 13.2 Å². The number of aliphatic hydroxyl groups excluding tert-OH is 1. The van der Waals surface area contributed by atoms with Gasteiger partial charge in [-0.3, -0.25) is 4.79 Å². The molecule has 0 saturated heterocycles. The van der Waals surface area contributed by atoms with Crippen LogP contribution in [0.1, 0.15) is 44.6 Å². The van der Waals surface area contributed by atoms with E-state index in [9.17, 15) is 9.18 Å². The van der Waals surface area contributed by atoms with Gasteiger partial charge in [0.05, 0.1) is 5.41 Å². The highest BCUT2D eigenvalue weighted by atomic mass is 19.1. The number of halogens is 1. The molecule has 0 heterocycles. The van der Waals surface area contributed by atoms with Gasteiger partial charge in [-0.1, -0.05) is 25.5 Å². The number of amides is 1. The van der Waals surface area contributed by atoms with Crippen LogP contribution in [0.5, 0.6) is 0 Å². The maximum Gasteiger partial charge on any atom is 0.230 e.